The highest BCUT2D eigenvalue weighted by Gasteiger charge is 2.22. The van der Waals surface area contributed by atoms with Crippen LogP contribution >= 0.6 is 11.3 Å². The number of aromatic nitrogens is 3. The van der Waals surface area contributed by atoms with E-state index in [4.69, 9.17) is 9.97 Å². The summed E-state index contributed by atoms with van der Waals surface area (Å²) in [6.45, 7) is 0. The van der Waals surface area contributed by atoms with Gasteiger partial charge in [0.25, 0.3) is 0 Å². The maximum atomic E-state index is 5.25. The van der Waals surface area contributed by atoms with Crippen LogP contribution in [0.1, 0.15) is 0 Å². The second-order valence-electron chi connectivity index (χ2n) is 11.8. The lowest BCUT2D eigenvalue weighted by molar-refractivity contribution is 1.10. The number of rotatable bonds is 3. The Labute approximate surface area is 268 Å². The molecule has 0 saturated heterocycles. The maximum Gasteiger partial charge on any atom is 0.138 e. The smallest absolute Gasteiger partial charge is 0.138 e. The van der Waals surface area contributed by atoms with Crippen molar-refractivity contribution in [3.05, 3.63) is 152 Å². The molecule has 0 aliphatic heterocycles. The van der Waals surface area contributed by atoms with Gasteiger partial charge in [0.15, 0.2) is 0 Å². The molecule has 0 amide bonds. The zero-order valence-electron chi connectivity index (χ0n) is 24.7. The minimum absolute atomic E-state index is 0.876. The highest BCUT2D eigenvalue weighted by Crippen LogP contribution is 2.47. The van der Waals surface area contributed by atoms with Crippen LogP contribution in [-0.4, -0.2) is 14.5 Å². The van der Waals surface area contributed by atoms with Gasteiger partial charge in [-0.3, -0.25) is 4.57 Å². The van der Waals surface area contributed by atoms with Crippen molar-refractivity contribution in [3.8, 4) is 28.2 Å². The van der Waals surface area contributed by atoms with E-state index in [1.54, 1.807) is 0 Å². The molecule has 0 atom stereocenters. The lowest BCUT2D eigenvalue weighted by Crippen LogP contribution is -1.98. The molecule has 4 aromatic heterocycles. The Morgan fingerprint density at radius 1 is 0.435 bits per heavy atom. The zero-order valence-corrected chi connectivity index (χ0v) is 25.5. The normalized spacial score (nSPS) is 11.9. The lowest BCUT2D eigenvalue weighted by atomic mass is 9.99. The highest BCUT2D eigenvalue weighted by molar-refractivity contribution is 7.27. The third-order valence-corrected chi connectivity index (χ3v) is 10.4. The van der Waals surface area contributed by atoms with Crippen LogP contribution in [0.3, 0.4) is 0 Å². The maximum absolute atomic E-state index is 5.25. The fourth-order valence-electron chi connectivity index (χ4n) is 7.11. The first kappa shape index (κ1) is 25.5. The number of thiophene rings is 1. The average molecular weight is 604 g/mol. The lowest BCUT2D eigenvalue weighted by Gasteiger charge is -2.11. The molecule has 10 aromatic rings. The van der Waals surface area contributed by atoms with Crippen molar-refractivity contribution in [2.24, 2.45) is 0 Å². The largest absolute Gasteiger partial charge is 0.292 e. The zero-order chi connectivity index (χ0) is 30.2. The van der Waals surface area contributed by atoms with Gasteiger partial charge in [-0.2, -0.15) is 0 Å². The van der Waals surface area contributed by atoms with Crippen LogP contribution in [0.25, 0.3) is 92.0 Å². The quantitative estimate of drug-likeness (QED) is 0.201. The first-order valence-electron chi connectivity index (χ1n) is 15.5. The van der Waals surface area contributed by atoms with Crippen molar-refractivity contribution < 1.29 is 0 Å². The Bertz CT molecular complexity index is 2790. The van der Waals surface area contributed by atoms with Crippen LogP contribution in [-0.2, 0) is 0 Å². The number of pyridine rings is 2. The Kier molecular flexibility index (Phi) is 5.45. The molecule has 0 aliphatic rings. The summed E-state index contributed by atoms with van der Waals surface area (Å²) in [4.78, 5) is 10.3. The van der Waals surface area contributed by atoms with Crippen LogP contribution in [0, 0.1) is 0 Å². The minimum Gasteiger partial charge on any atom is -0.292 e. The molecule has 0 bridgehead atoms. The van der Waals surface area contributed by atoms with E-state index >= 15 is 0 Å². The molecule has 4 heteroatoms. The molecular formula is C42H25N3S. The van der Waals surface area contributed by atoms with E-state index < -0.39 is 0 Å². The van der Waals surface area contributed by atoms with E-state index in [2.05, 4.69) is 150 Å². The summed E-state index contributed by atoms with van der Waals surface area (Å²) in [7, 11) is 0. The van der Waals surface area contributed by atoms with Crippen molar-refractivity contribution in [2.75, 3.05) is 0 Å². The fourth-order valence-corrected chi connectivity index (χ4v) is 8.37. The summed E-state index contributed by atoms with van der Waals surface area (Å²) >= 11 is 1.87. The minimum atomic E-state index is 0.876. The third-order valence-electron chi connectivity index (χ3n) is 9.20. The highest BCUT2D eigenvalue weighted by atomic mass is 32.1. The van der Waals surface area contributed by atoms with Crippen LogP contribution in [0.2, 0.25) is 0 Å². The van der Waals surface area contributed by atoms with Gasteiger partial charge >= 0.3 is 0 Å². The molecule has 0 saturated carbocycles. The Morgan fingerprint density at radius 3 is 1.87 bits per heavy atom. The standard InChI is InChI=1S/C42H25N3S/c1-2-10-26(11-3-1)27-18-20-28(21-19-27)33-22-23-35-34(43-33)24-25-38(44-35)45-36-16-8-6-14-31(36)39-29-12-4-5-13-30(29)40-32-15-7-9-17-37(32)46-42(40)41(39)45/h1-25H. The van der Waals surface area contributed by atoms with Crippen molar-refractivity contribution in [1.82, 2.24) is 14.5 Å². The van der Waals surface area contributed by atoms with E-state index in [1.807, 2.05) is 17.4 Å². The van der Waals surface area contributed by atoms with Crippen molar-refractivity contribution in [3.63, 3.8) is 0 Å². The number of para-hydroxylation sites is 1. The Balaban J connectivity index is 1.19. The van der Waals surface area contributed by atoms with Crippen molar-refractivity contribution in [2.45, 2.75) is 0 Å². The number of hydrogen-bond acceptors (Lipinski definition) is 3. The van der Waals surface area contributed by atoms with E-state index in [0.717, 1.165) is 33.6 Å². The van der Waals surface area contributed by atoms with Crippen LogP contribution in [0.4, 0.5) is 0 Å². The molecule has 214 valence electrons. The molecule has 6 aromatic carbocycles. The number of hydrogen-bond donors (Lipinski definition) is 0. The predicted molar refractivity (Wildman–Crippen MR) is 195 cm³/mol. The second-order valence-corrected chi connectivity index (χ2v) is 12.8. The van der Waals surface area contributed by atoms with Crippen LogP contribution in [0.15, 0.2) is 152 Å². The predicted octanol–water partition coefficient (Wildman–Crippen LogP) is 11.6. The van der Waals surface area contributed by atoms with Gasteiger partial charge in [-0.1, -0.05) is 115 Å². The molecule has 0 spiro atoms. The molecule has 0 fully saturated rings. The van der Waals surface area contributed by atoms with E-state index in [-0.39, 0.29) is 0 Å². The summed E-state index contributed by atoms with van der Waals surface area (Å²) in [5.74, 6) is 0.898. The molecular weight excluding hydrogens is 579 g/mol. The van der Waals surface area contributed by atoms with Crippen LogP contribution in [0.5, 0.6) is 0 Å². The van der Waals surface area contributed by atoms with Gasteiger partial charge in [0.2, 0.25) is 0 Å². The molecule has 46 heavy (non-hydrogen) atoms. The van der Waals surface area contributed by atoms with Gasteiger partial charge < -0.3 is 0 Å². The van der Waals surface area contributed by atoms with Gasteiger partial charge in [-0.05, 0) is 58.3 Å². The number of benzene rings is 6. The van der Waals surface area contributed by atoms with Gasteiger partial charge in [-0.15, -0.1) is 11.3 Å². The van der Waals surface area contributed by atoms with Gasteiger partial charge in [0, 0.05) is 31.8 Å². The van der Waals surface area contributed by atoms with E-state index in [9.17, 15) is 0 Å². The summed E-state index contributed by atoms with van der Waals surface area (Å²) < 4.78 is 4.96. The second kappa shape index (κ2) is 9.83. The molecule has 3 nitrogen and oxygen atoms in total. The fraction of sp³-hybridized carbons (Fsp3) is 0. The molecule has 0 aliphatic carbocycles. The van der Waals surface area contributed by atoms with E-state index in [0.29, 0.717) is 0 Å². The Morgan fingerprint density at radius 2 is 1.04 bits per heavy atom. The number of nitrogens with zero attached hydrogens (tertiary/aromatic N) is 3. The summed E-state index contributed by atoms with van der Waals surface area (Å²) in [6, 6.07) is 53.9. The molecule has 4 heterocycles. The van der Waals surface area contributed by atoms with Crippen molar-refractivity contribution >= 4 is 75.1 Å². The monoisotopic (exact) mass is 603 g/mol. The van der Waals surface area contributed by atoms with E-state index in [1.165, 1.54) is 58.4 Å². The van der Waals surface area contributed by atoms with Gasteiger partial charge in [0.1, 0.15) is 5.82 Å². The third kappa shape index (κ3) is 3.71. The topological polar surface area (TPSA) is 30.7 Å². The summed E-state index contributed by atoms with van der Waals surface area (Å²) in [5.41, 5.74) is 8.57. The molecule has 10 rings (SSSR count). The summed E-state index contributed by atoms with van der Waals surface area (Å²) in [5, 5.41) is 7.71. The van der Waals surface area contributed by atoms with Crippen LogP contribution < -0.4 is 0 Å². The van der Waals surface area contributed by atoms with Gasteiger partial charge in [-0.25, -0.2) is 9.97 Å². The van der Waals surface area contributed by atoms with Crippen molar-refractivity contribution in [1.29, 1.82) is 0 Å². The molecule has 0 radical (unpaired) electrons. The first-order chi connectivity index (χ1) is 22.8. The average Bonchev–Trinajstić information content (AvgIpc) is 3.69. The summed E-state index contributed by atoms with van der Waals surface area (Å²) in [6.07, 6.45) is 0. The SMILES string of the molecule is c1ccc(-c2ccc(-c3ccc4nc(-n5c6ccccc6c6c7ccccc7c7c8ccccc8sc7c65)ccc4n3)cc2)cc1. The van der Waals surface area contributed by atoms with Gasteiger partial charge in [0.05, 0.1) is 32.5 Å². The molecule has 0 unspecified atom stereocenters. The molecule has 0 N–H and O–H groups in total. The Hall–Kier alpha value is -5.84. The number of fused-ring (bicyclic) bond motifs is 11. The first-order valence-corrected chi connectivity index (χ1v) is 16.3.